The van der Waals surface area contributed by atoms with Gasteiger partial charge in [-0.05, 0) is 40.2 Å². The molecular weight excluding hydrogens is 408 g/mol. The molecule has 0 saturated heterocycles. The van der Waals surface area contributed by atoms with E-state index < -0.39 is 22.3 Å². The number of benzene rings is 2. The van der Waals surface area contributed by atoms with Crippen LogP contribution in [0.4, 0.5) is 13.2 Å². The van der Waals surface area contributed by atoms with E-state index in [1.807, 2.05) is 0 Å². The Labute approximate surface area is 129 Å². The maximum absolute atomic E-state index is 13.8. The van der Waals surface area contributed by atoms with Crippen LogP contribution in [0.1, 0.15) is 16.0 Å². The summed E-state index contributed by atoms with van der Waals surface area (Å²) >= 11 is 11.9. The van der Waals surface area contributed by atoms with Gasteiger partial charge >= 0.3 is 0 Å². The first kappa shape index (κ1) is 14.9. The average molecular weight is 414 g/mol. The minimum absolute atomic E-state index is 0.00748. The smallest absolute Gasteiger partial charge is 0.137 e. The molecule has 0 aliphatic heterocycles. The van der Waals surface area contributed by atoms with Crippen molar-refractivity contribution < 1.29 is 13.2 Å². The molecule has 6 heteroatoms. The molecule has 2 aromatic rings. The molecule has 19 heavy (non-hydrogen) atoms. The maximum Gasteiger partial charge on any atom is 0.137 e. The third-order valence-corrected chi connectivity index (χ3v) is 4.45. The fourth-order valence-corrected chi connectivity index (χ4v) is 3.18. The van der Waals surface area contributed by atoms with E-state index in [0.717, 1.165) is 12.1 Å². The molecule has 0 aliphatic rings. The van der Waals surface area contributed by atoms with Crippen LogP contribution in [0.2, 0.25) is 5.02 Å². The van der Waals surface area contributed by atoms with Gasteiger partial charge in [0, 0.05) is 16.1 Å². The second-order valence-electron chi connectivity index (χ2n) is 3.79. The van der Waals surface area contributed by atoms with Crippen LogP contribution in [-0.2, 0) is 0 Å². The zero-order valence-electron chi connectivity index (χ0n) is 9.23. The number of hydrogen-bond donors (Lipinski definition) is 0. The highest BCUT2D eigenvalue weighted by molar-refractivity contribution is 9.10. The monoisotopic (exact) mass is 412 g/mol. The van der Waals surface area contributed by atoms with Crippen LogP contribution in [0.25, 0.3) is 0 Å². The molecule has 0 radical (unpaired) electrons. The molecule has 0 amide bonds. The van der Waals surface area contributed by atoms with Crippen molar-refractivity contribution in [1.29, 1.82) is 0 Å². The summed E-state index contributed by atoms with van der Waals surface area (Å²) in [4.78, 5) is -0.871. The summed E-state index contributed by atoms with van der Waals surface area (Å²) in [5, 5.41) is 0.143. The van der Waals surface area contributed by atoms with Crippen LogP contribution in [0, 0.1) is 17.5 Å². The molecular formula is C13H6Br2ClF3. The van der Waals surface area contributed by atoms with Crippen molar-refractivity contribution in [2.24, 2.45) is 0 Å². The van der Waals surface area contributed by atoms with Gasteiger partial charge < -0.3 is 0 Å². The molecule has 0 aromatic heterocycles. The Morgan fingerprint density at radius 2 is 1.68 bits per heavy atom. The van der Waals surface area contributed by atoms with E-state index in [1.165, 1.54) is 18.2 Å². The van der Waals surface area contributed by atoms with Gasteiger partial charge in [0.1, 0.15) is 17.5 Å². The molecule has 0 spiro atoms. The van der Waals surface area contributed by atoms with E-state index in [4.69, 9.17) is 11.6 Å². The van der Waals surface area contributed by atoms with Crippen molar-refractivity contribution in [3.63, 3.8) is 0 Å². The lowest BCUT2D eigenvalue weighted by molar-refractivity contribution is 0.577. The topological polar surface area (TPSA) is 0 Å². The molecule has 2 aromatic carbocycles. The second kappa shape index (κ2) is 5.85. The largest absolute Gasteiger partial charge is 0.207 e. The first-order valence-electron chi connectivity index (χ1n) is 5.14. The van der Waals surface area contributed by atoms with E-state index in [2.05, 4.69) is 31.9 Å². The van der Waals surface area contributed by atoms with Crippen LogP contribution in [0.15, 0.2) is 34.8 Å². The lowest BCUT2D eigenvalue weighted by Crippen LogP contribution is -2.01. The molecule has 0 aliphatic carbocycles. The third-order valence-electron chi connectivity index (χ3n) is 2.57. The second-order valence-corrected chi connectivity index (χ2v) is 5.96. The van der Waals surface area contributed by atoms with Crippen LogP contribution >= 0.6 is 43.5 Å². The molecule has 0 N–H and O–H groups in total. The Kier molecular flexibility index (Phi) is 4.58. The van der Waals surface area contributed by atoms with Gasteiger partial charge in [0.15, 0.2) is 0 Å². The third kappa shape index (κ3) is 2.98. The highest BCUT2D eigenvalue weighted by atomic mass is 79.9. The van der Waals surface area contributed by atoms with Crippen molar-refractivity contribution >= 4 is 43.5 Å². The highest BCUT2D eigenvalue weighted by Gasteiger charge is 2.22. The summed E-state index contributed by atoms with van der Waals surface area (Å²) in [7, 11) is 0. The average Bonchev–Trinajstić information content (AvgIpc) is 2.33. The van der Waals surface area contributed by atoms with Crippen LogP contribution in [0.3, 0.4) is 0 Å². The van der Waals surface area contributed by atoms with Crippen molar-refractivity contribution in [2.75, 3.05) is 0 Å². The summed E-state index contributed by atoms with van der Waals surface area (Å²) in [6.45, 7) is 0. The standard InChI is InChI=1S/C13H6Br2ClF3/c14-7-5-10(18)6(4-11(7)19)13(15)12-8(16)2-1-3-9(12)17/h1-5,13H. The lowest BCUT2D eigenvalue weighted by Gasteiger charge is -2.15. The molecule has 1 unspecified atom stereocenters. The van der Waals surface area contributed by atoms with Crippen LogP contribution < -0.4 is 0 Å². The summed E-state index contributed by atoms with van der Waals surface area (Å²) in [5.41, 5.74) is 0.0532. The summed E-state index contributed by atoms with van der Waals surface area (Å²) in [6, 6.07) is 6.14. The summed E-state index contributed by atoms with van der Waals surface area (Å²) in [5.74, 6) is -1.88. The predicted molar refractivity (Wildman–Crippen MR) is 76.2 cm³/mol. The van der Waals surface area contributed by atoms with Crippen LogP contribution in [0.5, 0.6) is 0 Å². The van der Waals surface area contributed by atoms with Crippen LogP contribution in [-0.4, -0.2) is 0 Å². The van der Waals surface area contributed by atoms with Gasteiger partial charge in [-0.3, -0.25) is 0 Å². The van der Waals surface area contributed by atoms with Gasteiger partial charge in [0.2, 0.25) is 0 Å². The molecule has 0 heterocycles. The van der Waals surface area contributed by atoms with E-state index in [-0.39, 0.29) is 20.6 Å². The zero-order valence-corrected chi connectivity index (χ0v) is 13.2. The molecule has 2 rings (SSSR count). The van der Waals surface area contributed by atoms with E-state index in [0.29, 0.717) is 0 Å². The Morgan fingerprint density at radius 3 is 2.32 bits per heavy atom. The van der Waals surface area contributed by atoms with Gasteiger partial charge in [-0.1, -0.05) is 33.6 Å². The number of rotatable bonds is 2. The normalized spacial score (nSPS) is 12.5. The van der Waals surface area contributed by atoms with Gasteiger partial charge in [-0.2, -0.15) is 0 Å². The van der Waals surface area contributed by atoms with Gasteiger partial charge in [0.25, 0.3) is 0 Å². The fourth-order valence-electron chi connectivity index (χ4n) is 1.64. The number of halogens is 6. The Bertz CT molecular complexity index is 611. The Balaban J connectivity index is 2.56. The van der Waals surface area contributed by atoms with Crippen molar-refractivity contribution in [1.82, 2.24) is 0 Å². The van der Waals surface area contributed by atoms with Gasteiger partial charge in [-0.15, -0.1) is 0 Å². The van der Waals surface area contributed by atoms with Crippen molar-refractivity contribution in [3.8, 4) is 0 Å². The molecule has 0 nitrogen and oxygen atoms in total. The fraction of sp³-hybridized carbons (Fsp3) is 0.0769. The molecule has 1 atom stereocenters. The molecule has 0 bridgehead atoms. The number of hydrogen-bond acceptors (Lipinski definition) is 0. The first-order chi connectivity index (χ1) is 8.91. The summed E-state index contributed by atoms with van der Waals surface area (Å²) < 4.78 is 41.1. The highest BCUT2D eigenvalue weighted by Crippen LogP contribution is 2.39. The SMILES string of the molecule is Fc1cc(C(Br)c2c(F)cccc2Cl)c(F)cc1Br. The van der Waals surface area contributed by atoms with E-state index in [9.17, 15) is 13.2 Å². The molecule has 0 fully saturated rings. The number of alkyl halides is 1. The van der Waals surface area contributed by atoms with E-state index >= 15 is 0 Å². The van der Waals surface area contributed by atoms with Crippen molar-refractivity contribution in [3.05, 3.63) is 68.4 Å². The van der Waals surface area contributed by atoms with Gasteiger partial charge in [0.05, 0.1) is 9.30 Å². The maximum atomic E-state index is 13.8. The minimum Gasteiger partial charge on any atom is -0.207 e. The van der Waals surface area contributed by atoms with Gasteiger partial charge in [-0.25, -0.2) is 13.2 Å². The molecule has 0 saturated carbocycles. The molecule has 100 valence electrons. The summed E-state index contributed by atoms with van der Waals surface area (Å²) in [6.07, 6.45) is 0. The minimum atomic E-state index is -0.871. The Morgan fingerprint density at radius 1 is 1.00 bits per heavy atom. The van der Waals surface area contributed by atoms with E-state index in [1.54, 1.807) is 0 Å². The first-order valence-corrected chi connectivity index (χ1v) is 7.23. The lowest BCUT2D eigenvalue weighted by atomic mass is 10.0. The van der Waals surface area contributed by atoms with Crippen molar-refractivity contribution in [2.45, 2.75) is 4.83 Å². The quantitative estimate of drug-likeness (QED) is 0.417. The predicted octanol–water partition coefficient (Wildman–Crippen LogP) is 6.00. The Hall–Kier alpha value is -0.520. The zero-order chi connectivity index (χ0) is 14.2.